The molecule has 3 atom stereocenters. The summed E-state index contributed by atoms with van der Waals surface area (Å²) in [4.78, 5) is 1.18. The molecule has 1 saturated heterocycles. The number of benzene rings is 1. The first kappa shape index (κ1) is 14.2. The second-order valence-electron chi connectivity index (χ2n) is 4.93. The van der Waals surface area contributed by atoms with Gasteiger partial charge in [0.2, 0.25) is 0 Å². The fourth-order valence-corrected chi connectivity index (χ4v) is 3.81. The van der Waals surface area contributed by atoms with Gasteiger partial charge in [0.25, 0.3) is 0 Å². The van der Waals surface area contributed by atoms with Crippen LogP contribution in [-0.4, -0.2) is 24.0 Å². The molecular weight excluding hydrogens is 266 g/mol. The summed E-state index contributed by atoms with van der Waals surface area (Å²) in [6.45, 7) is 5.01. The molecule has 2 rings (SSSR count). The Morgan fingerprint density at radius 3 is 2.94 bits per heavy atom. The van der Waals surface area contributed by atoms with Gasteiger partial charge in [0.1, 0.15) is 0 Å². The van der Waals surface area contributed by atoms with Crippen molar-refractivity contribution in [3.8, 4) is 0 Å². The second-order valence-corrected chi connectivity index (χ2v) is 6.59. The molecule has 0 radical (unpaired) electrons. The van der Waals surface area contributed by atoms with Crippen molar-refractivity contribution in [3.05, 3.63) is 28.8 Å². The van der Waals surface area contributed by atoms with E-state index in [4.69, 9.17) is 22.1 Å². The summed E-state index contributed by atoms with van der Waals surface area (Å²) in [6, 6.07) is 6.23. The van der Waals surface area contributed by atoms with E-state index in [-0.39, 0.29) is 6.04 Å². The number of hydrogen-bond donors (Lipinski definition) is 1. The van der Waals surface area contributed by atoms with Gasteiger partial charge in [-0.05, 0) is 38.3 Å². The minimum Gasteiger partial charge on any atom is -0.377 e. The molecule has 2 N–H and O–H groups in total. The Morgan fingerprint density at radius 1 is 1.56 bits per heavy atom. The highest BCUT2D eigenvalue weighted by atomic mass is 35.5. The van der Waals surface area contributed by atoms with Gasteiger partial charge in [-0.1, -0.05) is 23.7 Å². The van der Waals surface area contributed by atoms with Gasteiger partial charge in [0, 0.05) is 22.8 Å². The van der Waals surface area contributed by atoms with Gasteiger partial charge in [-0.2, -0.15) is 0 Å². The molecule has 0 aliphatic carbocycles. The van der Waals surface area contributed by atoms with Gasteiger partial charge < -0.3 is 10.5 Å². The summed E-state index contributed by atoms with van der Waals surface area (Å²) in [5.74, 6) is 0. The van der Waals surface area contributed by atoms with E-state index < -0.39 is 0 Å². The molecule has 1 aromatic carbocycles. The van der Waals surface area contributed by atoms with Crippen LogP contribution in [0.3, 0.4) is 0 Å². The number of rotatable bonds is 4. The van der Waals surface area contributed by atoms with Gasteiger partial charge in [0.05, 0.1) is 11.1 Å². The topological polar surface area (TPSA) is 35.2 Å². The Morgan fingerprint density at radius 2 is 2.33 bits per heavy atom. The van der Waals surface area contributed by atoms with Crippen LogP contribution in [0.25, 0.3) is 0 Å². The van der Waals surface area contributed by atoms with Crippen LogP contribution in [0.15, 0.2) is 23.1 Å². The van der Waals surface area contributed by atoms with Gasteiger partial charge in [-0.15, -0.1) is 11.8 Å². The van der Waals surface area contributed by atoms with Crippen molar-refractivity contribution in [3.63, 3.8) is 0 Å². The molecule has 0 bridgehead atoms. The predicted octanol–water partition coefficient (Wildman–Crippen LogP) is 3.50. The molecule has 2 nitrogen and oxygen atoms in total. The lowest BCUT2D eigenvalue weighted by Crippen LogP contribution is -2.19. The lowest BCUT2D eigenvalue weighted by atomic mass is 10.1. The molecule has 1 aromatic rings. The second kappa shape index (κ2) is 6.29. The van der Waals surface area contributed by atoms with E-state index in [0.717, 1.165) is 24.5 Å². The van der Waals surface area contributed by atoms with Crippen molar-refractivity contribution < 1.29 is 4.74 Å². The van der Waals surface area contributed by atoms with E-state index in [2.05, 4.69) is 13.0 Å². The van der Waals surface area contributed by atoms with Crippen molar-refractivity contribution in [1.82, 2.24) is 0 Å². The maximum absolute atomic E-state index is 6.34. The van der Waals surface area contributed by atoms with E-state index in [1.54, 1.807) is 0 Å². The molecule has 1 aliphatic rings. The Bertz CT molecular complexity index is 411. The molecule has 0 aromatic heterocycles. The zero-order valence-corrected chi connectivity index (χ0v) is 12.4. The van der Waals surface area contributed by atoms with Crippen molar-refractivity contribution in [2.45, 2.75) is 49.0 Å². The van der Waals surface area contributed by atoms with Crippen LogP contribution in [0, 0.1) is 0 Å². The van der Waals surface area contributed by atoms with Crippen LogP contribution in [0.4, 0.5) is 0 Å². The maximum atomic E-state index is 6.34. The molecule has 0 amide bonds. The first-order valence-electron chi connectivity index (χ1n) is 6.39. The SMILES string of the molecule is CC(N)Cc1cccc(Cl)c1SC1CCOC1C. The third-order valence-corrected chi connectivity index (χ3v) is 5.23. The van der Waals surface area contributed by atoms with Crippen LogP contribution in [-0.2, 0) is 11.2 Å². The molecule has 100 valence electrons. The number of halogens is 1. The third kappa shape index (κ3) is 3.41. The van der Waals surface area contributed by atoms with Crippen molar-refractivity contribution in [1.29, 1.82) is 0 Å². The van der Waals surface area contributed by atoms with Crippen LogP contribution in [0.2, 0.25) is 5.02 Å². The van der Waals surface area contributed by atoms with E-state index in [1.807, 2.05) is 30.8 Å². The van der Waals surface area contributed by atoms with Gasteiger partial charge >= 0.3 is 0 Å². The fourth-order valence-electron chi connectivity index (χ4n) is 2.21. The van der Waals surface area contributed by atoms with Gasteiger partial charge in [-0.3, -0.25) is 0 Å². The molecule has 1 aliphatic heterocycles. The largest absolute Gasteiger partial charge is 0.377 e. The molecule has 18 heavy (non-hydrogen) atoms. The minimum absolute atomic E-state index is 0.153. The molecule has 4 heteroatoms. The highest BCUT2D eigenvalue weighted by Gasteiger charge is 2.26. The average molecular weight is 286 g/mol. The molecule has 0 saturated carbocycles. The van der Waals surface area contributed by atoms with E-state index in [0.29, 0.717) is 11.4 Å². The van der Waals surface area contributed by atoms with E-state index in [1.165, 1.54) is 10.5 Å². The number of nitrogens with two attached hydrogens (primary N) is 1. The van der Waals surface area contributed by atoms with Crippen LogP contribution in [0.1, 0.15) is 25.8 Å². The number of ether oxygens (including phenoxy) is 1. The zero-order chi connectivity index (χ0) is 13.1. The summed E-state index contributed by atoms with van der Waals surface area (Å²) < 4.78 is 5.61. The summed E-state index contributed by atoms with van der Waals surface area (Å²) in [5.41, 5.74) is 7.15. The molecule has 1 heterocycles. The van der Waals surface area contributed by atoms with Crippen molar-refractivity contribution in [2.75, 3.05) is 6.61 Å². The standard InChI is InChI=1S/C14H20ClNOS/c1-9(16)8-11-4-3-5-12(15)14(11)18-13-6-7-17-10(13)2/h3-5,9-10,13H,6-8,16H2,1-2H3. The number of hydrogen-bond acceptors (Lipinski definition) is 3. The maximum Gasteiger partial charge on any atom is 0.0669 e. The highest BCUT2D eigenvalue weighted by Crippen LogP contribution is 2.38. The van der Waals surface area contributed by atoms with E-state index in [9.17, 15) is 0 Å². The lowest BCUT2D eigenvalue weighted by Gasteiger charge is -2.18. The Kier molecular flexibility index (Phi) is 4.96. The van der Waals surface area contributed by atoms with Crippen LogP contribution < -0.4 is 5.73 Å². The predicted molar refractivity (Wildman–Crippen MR) is 78.5 cm³/mol. The third-order valence-electron chi connectivity index (χ3n) is 3.17. The van der Waals surface area contributed by atoms with Gasteiger partial charge in [-0.25, -0.2) is 0 Å². The fraction of sp³-hybridized carbons (Fsp3) is 0.571. The Labute approximate surface area is 118 Å². The zero-order valence-electron chi connectivity index (χ0n) is 10.9. The minimum atomic E-state index is 0.153. The smallest absolute Gasteiger partial charge is 0.0669 e. The average Bonchev–Trinajstić information content (AvgIpc) is 2.68. The van der Waals surface area contributed by atoms with Crippen molar-refractivity contribution >= 4 is 23.4 Å². The van der Waals surface area contributed by atoms with Crippen molar-refractivity contribution in [2.24, 2.45) is 5.73 Å². The first-order chi connectivity index (χ1) is 8.58. The molecule has 0 spiro atoms. The monoisotopic (exact) mass is 285 g/mol. The Balaban J connectivity index is 2.19. The Hall–Kier alpha value is -0.220. The summed E-state index contributed by atoms with van der Waals surface area (Å²) in [6.07, 6.45) is 2.26. The van der Waals surface area contributed by atoms with Crippen LogP contribution >= 0.6 is 23.4 Å². The summed E-state index contributed by atoms with van der Waals surface area (Å²) in [7, 11) is 0. The lowest BCUT2D eigenvalue weighted by molar-refractivity contribution is 0.127. The highest BCUT2D eigenvalue weighted by molar-refractivity contribution is 8.00. The number of thioether (sulfide) groups is 1. The van der Waals surface area contributed by atoms with E-state index >= 15 is 0 Å². The molecular formula is C14H20ClNOS. The first-order valence-corrected chi connectivity index (χ1v) is 7.65. The summed E-state index contributed by atoms with van der Waals surface area (Å²) >= 11 is 8.18. The summed E-state index contributed by atoms with van der Waals surface area (Å²) in [5, 5.41) is 1.33. The molecule has 3 unspecified atom stereocenters. The normalized spacial score (nSPS) is 25.3. The molecule has 1 fully saturated rings. The quantitative estimate of drug-likeness (QED) is 0.920. The van der Waals surface area contributed by atoms with Gasteiger partial charge in [0.15, 0.2) is 0 Å². The van der Waals surface area contributed by atoms with Crippen LogP contribution in [0.5, 0.6) is 0 Å².